The number of amides is 1. The predicted molar refractivity (Wildman–Crippen MR) is 61.4 cm³/mol. The molecule has 1 aliphatic heterocycles. The van der Waals surface area contributed by atoms with Crippen LogP contribution in [0.4, 0.5) is 5.69 Å². The van der Waals surface area contributed by atoms with E-state index in [1.807, 2.05) is 0 Å². The van der Waals surface area contributed by atoms with Gasteiger partial charge in [0.15, 0.2) is 0 Å². The van der Waals surface area contributed by atoms with Gasteiger partial charge in [-0.15, -0.1) is 0 Å². The van der Waals surface area contributed by atoms with Crippen LogP contribution in [-0.2, 0) is 4.79 Å². The van der Waals surface area contributed by atoms with Gasteiger partial charge in [-0.1, -0.05) is 29.3 Å². The summed E-state index contributed by atoms with van der Waals surface area (Å²) in [6, 6.07) is 4.80. The van der Waals surface area contributed by atoms with Crippen LogP contribution in [0.3, 0.4) is 0 Å². The summed E-state index contributed by atoms with van der Waals surface area (Å²) < 4.78 is 0. The lowest BCUT2D eigenvalue weighted by molar-refractivity contribution is -0.118. The number of carbonyl (C=O) groups is 1. The fourth-order valence-electron chi connectivity index (χ4n) is 1.64. The first-order valence-corrected chi connectivity index (χ1v) is 5.38. The lowest BCUT2D eigenvalue weighted by Crippen LogP contribution is -2.34. The highest BCUT2D eigenvalue weighted by Gasteiger charge is 2.30. The van der Waals surface area contributed by atoms with E-state index in [4.69, 9.17) is 28.9 Å². The number of halogens is 2. The highest BCUT2D eigenvalue weighted by molar-refractivity contribution is 6.44. The van der Waals surface area contributed by atoms with Gasteiger partial charge in [-0.3, -0.25) is 4.79 Å². The molecule has 1 amide bonds. The first kappa shape index (κ1) is 10.7. The van der Waals surface area contributed by atoms with Gasteiger partial charge in [0.2, 0.25) is 5.91 Å². The Kier molecular flexibility index (Phi) is 2.87. The molecular formula is C10H10Cl2N2O. The zero-order valence-corrected chi connectivity index (χ0v) is 9.42. The number of nitrogens with two attached hydrogens (primary N) is 1. The molecule has 0 saturated carbocycles. The van der Waals surface area contributed by atoms with Crippen molar-refractivity contribution < 1.29 is 4.79 Å². The average Bonchev–Trinajstić information content (AvgIpc) is 2.53. The predicted octanol–water partition coefficient (Wildman–Crippen LogP) is 2.06. The van der Waals surface area contributed by atoms with Crippen molar-refractivity contribution in [3.63, 3.8) is 0 Å². The van der Waals surface area contributed by atoms with Crippen molar-refractivity contribution in [3.8, 4) is 0 Å². The highest BCUT2D eigenvalue weighted by atomic mass is 35.5. The van der Waals surface area contributed by atoms with Crippen LogP contribution in [0.1, 0.15) is 6.42 Å². The number of nitrogens with zero attached hydrogens (tertiary/aromatic N) is 1. The van der Waals surface area contributed by atoms with Crippen molar-refractivity contribution in [1.29, 1.82) is 0 Å². The molecule has 15 heavy (non-hydrogen) atoms. The van der Waals surface area contributed by atoms with Crippen LogP contribution in [-0.4, -0.2) is 18.5 Å². The SMILES string of the molecule is NC1CCN(c2cccc(Cl)c2Cl)C1=O. The van der Waals surface area contributed by atoms with E-state index in [9.17, 15) is 4.79 Å². The molecule has 0 aromatic heterocycles. The molecule has 2 rings (SSSR count). The summed E-state index contributed by atoms with van der Waals surface area (Å²) in [5.74, 6) is -0.0980. The summed E-state index contributed by atoms with van der Waals surface area (Å²) in [4.78, 5) is 13.3. The maximum Gasteiger partial charge on any atom is 0.244 e. The zero-order valence-electron chi connectivity index (χ0n) is 7.91. The van der Waals surface area contributed by atoms with Crippen molar-refractivity contribution in [2.45, 2.75) is 12.5 Å². The first-order valence-electron chi connectivity index (χ1n) is 4.62. The molecule has 1 unspecified atom stereocenters. The fourth-order valence-corrected chi connectivity index (χ4v) is 2.04. The smallest absolute Gasteiger partial charge is 0.244 e. The normalized spacial score (nSPS) is 21.1. The van der Waals surface area contributed by atoms with Crippen molar-refractivity contribution in [2.75, 3.05) is 11.4 Å². The minimum absolute atomic E-state index is 0.0980. The molecule has 1 fully saturated rings. The maximum absolute atomic E-state index is 11.7. The summed E-state index contributed by atoms with van der Waals surface area (Å²) >= 11 is 11.9. The van der Waals surface area contributed by atoms with Crippen molar-refractivity contribution in [1.82, 2.24) is 0 Å². The molecule has 0 spiro atoms. The fraction of sp³-hybridized carbons (Fsp3) is 0.300. The molecule has 2 N–H and O–H groups in total. The van der Waals surface area contributed by atoms with Crippen LogP contribution >= 0.6 is 23.2 Å². The van der Waals surface area contributed by atoms with Crippen molar-refractivity contribution in [2.24, 2.45) is 5.73 Å². The Morgan fingerprint density at radius 2 is 2.13 bits per heavy atom. The molecule has 80 valence electrons. The molecule has 1 saturated heterocycles. The van der Waals surface area contributed by atoms with Gasteiger partial charge in [0.1, 0.15) is 0 Å². The van der Waals surface area contributed by atoms with E-state index in [0.29, 0.717) is 28.7 Å². The van der Waals surface area contributed by atoms with Crippen LogP contribution < -0.4 is 10.6 Å². The quantitative estimate of drug-likeness (QED) is 0.823. The van der Waals surface area contributed by atoms with Crippen LogP contribution in [0.2, 0.25) is 10.0 Å². The minimum Gasteiger partial charge on any atom is -0.320 e. The Morgan fingerprint density at radius 3 is 2.73 bits per heavy atom. The Bertz CT molecular complexity index is 408. The van der Waals surface area contributed by atoms with E-state index in [1.54, 1.807) is 23.1 Å². The van der Waals surface area contributed by atoms with E-state index >= 15 is 0 Å². The Balaban J connectivity index is 2.38. The van der Waals surface area contributed by atoms with E-state index < -0.39 is 6.04 Å². The van der Waals surface area contributed by atoms with E-state index in [2.05, 4.69) is 0 Å². The molecule has 1 aromatic carbocycles. The lowest BCUT2D eigenvalue weighted by Gasteiger charge is -2.17. The third-order valence-corrected chi connectivity index (χ3v) is 3.28. The molecule has 1 atom stereocenters. The van der Waals surface area contributed by atoms with Crippen LogP contribution in [0.15, 0.2) is 18.2 Å². The first-order chi connectivity index (χ1) is 7.11. The van der Waals surface area contributed by atoms with Gasteiger partial charge in [0, 0.05) is 6.54 Å². The second kappa shape index (κ2) is 4.00. The summed E-state index contributed by atoms with van der Waals surface area (Å²) in [5, 5.41) is 0.851. The molecular weight excluding hydrogens is 235 g/mol. The Labute approximate surface area is 97.8 Å². The van der Waals surface area contributed by atoms with Gasteiger partial charge < -0.3 is 10.6 Å². The Hall–Kier alpha value is -0.770. The van der Waals surface area contributed by atoms with Crippen LogP contribution in [0, 0.1) is 0 Å². The molecule has 3 nitrogen and oxygen atoms in total. The maximum atomic E-state index is 11.7. The van der Waals surface area contributed by atoms with Crippen molar-refractivity contribution in [3.05, 3.63) is 28.2 Å². The second-order valence-corrected chi connectivity index (χ2v) is 4.24. The number of anilines is 1. The van der Waals surface area contributed by atoms with Gasteiger partial charge >= 0.3 is 0 Å². The molecule has 1 aliphatic rings. The van der Waals surface area contributed by atoms with Crippen LogP contribution in [0.5, 0.6) is 0 Å². The Morgan fingerprint density at radius 1 is 1.40 bits per heavy atom. The van der Waals surface area contributed by atoms with Gasteiger partial charge in [-0.25, -0.2) is 0 Å². The zero-order chi connectivity index (χ0) is 11.0. The third-order valence-electron chi connectivity index (χ3n) is 2.47. The highest BCUT2D eigenvalue weighted by Crippen LogP contribution is 2.34. The molecule has 5 heteroatoms. The third kappa shape index (κ3) is 1.83. The van der Waals surface area contributed by atoms with E-state index in [0.717, 1.165) is 0 Å². The number of carbonyl (C=O) groups excluding carboxylic acids is 1. The monoisotopic (exact) mass is 244 g/mol. The summed E-state index contributed by atoms with van der Waals surface area (Å²) in [6.45, 7) is 0.597. The largest absolute Gasteiger partial charge is 0.320 e. The van der Waals surface area contributed by atoms with E-state index in [-0.39, 0.29) is 5.91 Å². The van der Waals surface area contributed by atoms with Gasteiger partial charge in [0.25, 0.3) is 0 Å². The molecule has 0 radical (unpaired) electrons. The number of rotatable bonds is 1. The molecule has 0 bridgehead atoms. The standard InChI is InChI=1S/C10H10Cl2N2O/c11-6-2-1-3-8(9(6)12)14-5-4-7(13)10(14)15/h1-3,7H,4-5,13H2. The van der Waals surface area contributed by atoms with Gasteiger partial charge in [-0.05, 0) is 18.6 Å². The van der Waals surface area contributed by atoms with Crippen LogP contribution in [0.25, 0.3) is 0 Å². The van der Waals surface area contributed by atoms with Gasteiger partial charge in [-0.2, -0.15) is 0 Å². The van der Waals surface area contributed by atoms with E-state index in [1.165, 1.54) is 0 Å². The van der Waals surface area contributed by atoms with Gasteiger partial charge in [0.05, 0.1) is 21.8 Å². The lowest BCUT2D eigenvalue weighted by atomic mass is 10.3. The molecule has 0 aliphatic carbocycles. The number of hydrogen-bond acceptors (Lipinski definition) is 2. The summed E-state index contributed by atoms with van der Waals surface area (Å²) in [6.07, 6.45) is 0.654. The molecule has 1 heterocycles. The topological polar surface area (TPSA) is 46.3 Å². The average molecular weight is 245 g/mol. The second-order valence-electron chi connectivity index (χ2n) is 3.46. The molecule has 1 aromatic rings. The minimum atomic E-state index is -0.417. The summed E-state index contributed by atoms with van der Waals surface area (Å²) in [7, 11) is 0. The van der Waals surface area contributed by atoms with Crippen molar-refractivity contribution >= 4 is 34.8 Å². The number of hydrogen-bond donors (Lipinski definition) is 1. The number of benzene rings is 1. The summed E-state index contributed by atoms with van der Waals surface area (Å²) in [5.41, 5.74) is 6.27.